The van der Waals surface area contributed by atoms with Crippen molar-refractivity contribution in [1.29, 1.82) is 0 Å². The lowest BCUT2D eigenvalue weighted by molar-refractivity contribution is 0.0674. The van der Waals surface area contributed by atoms with Crippen LogP contribution in [0.25, 0.3) is 0 Å². The van der Waals surface area contributed by atoms with Crippen molar-refractivity contribution in [2.24, 2.45) is 5.92 Å². The van der Waals surface area contributed by atoms with E-state index in [0.29, 0.717) is 11.6 Å². The fourth-order valence-corrected chi connectivity index (χ4v) is 3.29. The van der Waals surface area contributed by atoms with Gasteiger partial charge in [-0.2, -0.15) is 0 Å². The van der Waals surface area contributed by atoms with E-state index in [0.717, 1.165) is 31.8 Å². The van der Waals surface area contributed by atoms with Crippen molar-refractivity contribution in [2.45, 2.75) is 31.7 Å². The van der Waals surface area contributed by atoms with Crippen LogP contribution in [0.4, 0.5) is 0 Å². The molecule has 1 aromatic rings. The molecule has 1 aromatic heterocycles. The maximum atomic E-state index is 12.3. The number of halogens is 2. The van der Waals surface area contributed by atoms with Gasteiger partial charge in [-0.1, -0.05) is 0 Å². The first-order valence-electron chi connectivity index (χ1n) is 7.27. The van der Waals surface area contributed by atoms with E-state index >= 15 is 0 Å². The van der Waals surface area contributed by atoms with Gasteiger partial charge in [-0.05, 0) is 50.3 Å². The number of carbonyl (C=O) groups excluding carboxylic acids is 1. The molecule has 6 heteroatoms. The largest absolute Gasteiger partial charge is 0.339 e. The Morgan fingerprint density at radius 3 is 2.57 bits per heavy atom. The molecule has 21 heavy (non-hydrogen) atoms. The average Bonchev–Trinajstić information content (AvgIpc) is 3.02. The van der Waals surface area contributed by atoms with Crippen LogP contribution >= 0.6 is 24.8 Å². The number of piperidine rings is 1. The second-order valence-electron chi connectivity index (χ2n) is 5.57. The fourth-order valence-electron chi connectivity index (χ4n) is 3.29. The fraction of sp³-hybridized carbons (Fsp3) is 0.600. The van der Waals surface area contributed by atoms with Gasteiger partial charge in [-0.25, -0.2) is 0 Å². The van der Waals surface area contributed by atoms with Gasteiger partial charge in [0.05, 0.1) is 5.56 Å². The Hall–Kier alpha value is -0.840. The molecule has 118 valence electrons. The molecule has 0 bridgehead atoms. The molecule has 3 rings (SSSR count). The highest BCUT2D eigenvalue weighted by Gasteiger charge is 2.30. The molecule has 2 aliphatic heterocycles. The number of pyridine rings is 1. The molecule has 0 saturated carbocycles. The molecule has 1 N–H and O–H groups in total. The van der Waals surface area contributed by atoms with Crippen molar-refractivity contribution in [1.82, 2.24) is 15.2 Å². The third-order valence-electron chi connectivity index (χ3n) is 4.40. The van der Waals surface area contributed by atoms with Crippen LogP contribution in [0.3, 0.4) is 0 Å². The predicted molar refractivity (Wildman–Crippen MR) is 88.4 cm³/mol. The summed E-state index contributed by atoms with van der Waals surface area (Å²) in [5.41, 5.74) is 0.708. The van der Waals surface area contributed by atoms with Crippen LogP contribution in [0.1, 0.15) is 36.0 Å². The molecule has 1 atom stereocenters. The van der Waals surface area contributed by atoms with Gasteiger partial charge in [-0.15, -0.1) is 24.8 Å². The number of amides is 1. The maximum absolute atomic E-state index is 12.3. The molecule has 0 radical (unpaired) electrons. The third kappa shape index (κ3) is 4.31. The Labute approximate surface area is 138 Å². The van der Waals surface area contributed by atoms with Crippen molar-refractivity contribution in [3.05, 3.63) is 30.1 Å². The Morgan fingerprint density at radius 2 is 2.00 bits per heavy atom. The summed E-state index contributed by atoms with van der Waals surface area (Å²) in [7, 11) is 0. The predicted octanol–water partition coefficient (Wildman–Crippen LogP) is 2.53. The molecule has 0 aromatic carbocycles. The van der Waals surface area contributed by atoms with E-state index in [9.17, 15) is 4.79 Å². The van der Waals surface area contributed by atoms with Crippen LogP contribution < -0.4 is 5.32 Å². The summed E-state index contributed by atoms with van der Waals surface area (Å²) in [4.78, 5) is 18.3. The van der Waals surface area contributed by atoms with E-state index in [4.69, 9.17) is 0 Å². The van der Waals surface area contributed by atoms with Gasteiger partial charge in [0.15, 0.2) is 0 Å². The Kier molecular flexibility index (Phi) is 7.43. The van der Waals surface area contributed by atoms with E-state index in [1.807, 2.05) is 17.0 Å². The molecule has 4 nitrogen and oxygen atoms in total. The SMILES string of the molecule is Cl.Cl.O=C(c1cccnc1)N1CCC(C2CCCN2)CC1. The highest BCUT2D eigenvalue weighted by atomic mass is 35.5. The molecule has 3 heterocycles. The Bertz CT molecular complexity index is 430. The zero-order valence-electron chi connectivity index (χ0n) is 12.0. The number of rotatable bonds is 2. The smallest absolute Gasteiger partial charge is 0.255 e. The molecular formula is C15H23Cl2N3O. The van der Waals surface area contributed by atoms with Gasteiger partial charge in [0, 0.05) is 31.5 Å². The highest BCUT2D eigenvalue weighted by molar-refractivity contribution is 5.93. The van der Waals surface area contributed by atoms with E-state index in [1.54, 1.807) is 12.4 Å². The van der Waals surface area contributed by atoms with Crippen molar-refractivity contribution < 1.29 is 4.79 Å². The van der Waals surface area contributed by atoms with Crippen molar-refractivity contribution in [3.8, 4) is 0 Å². The summed E-state index contributed by atoms with van der Waals surface area (Å²) < 4.78 is 0. The minimum absolute atomic E-state index is 0. The second kappa shape index (κ2) is 8.57. The third-order valence-corrected chi connectivity index (χ3v) is 4.40. The molecule has 0 spiro atoms. The highest BCUT2D eigenvalue weighted by Crippen LogP contribution is 2.26. The monoisotopic (exact) mass is 331 g/mol. The van der Waals surface area contributed by atoms with Crippen LogP contribution in [0.15, 0.2) is 24.5 Å². The van der Waals surface area contributed by atoms with E-state index in [2.05, 4.69) is 10.3 Å². The van der Waals surface area contributed by atoms with Crippen LogP contribution in [-0.2, 0) is 0 Å². The second-order valence-corrected chi connectivity index (χ2v) is 5.57. The number of nitrogens with one attached hydrogen (secondary N) is 1. The van der Waals surface area contributed by atoms with E-state index < -0.39 is 0 Å². The number of hydrogen-bond donors (Lipinski definition) is 1. The lowest BCUT2D eigenvalue weighted by Crippen LogP contribution is -2.43. The van der Waals surface area contributed by atoms with Gasteiger partial charge in [0.25, 0.3) is 5.91 Å². The zero-order valence-corrected chi connectivity index (χ0v) is 13.7. The van der Waals surface area contributed by atoms with Gasteiger partial charge in [0.2, 0.25) is 0 Å². The van der Waals surface area contributed by atoms with Gasteiger partial charge in [-0.3, -0.25) is 9.78 Å². The molecule has 2 saturated heterocycles. The minimum Gasteiger partial charge on any atom is -0.339 e. The summed E-state index contributed by atoms with van der Waals surface area (Å²) in [6, 6.07) is 4.36. The first-order valence-corrected chi connectivity index (χ1v) is 7.27. The number of likely N-dealkylation sites (tertiary alicyclic amines) is 1. The lowest BCUT2D eigenvalue weighted by Gasteiger charge is -2.34. The number of carbonyl (C=O) groups is 1. The zero-order chi connectivity index (χ0) is 13.1. The summed E-state index contributed by atoms with van der Waals surface area (Å²) >= 11 is 0. The Morgan fingerprint density at radius 1 is 1.24 bits per heavy atom. The molecule has 1 unspecified atom stereocenters. The van der Waals surface area contributed by atoms with Crippen LogP contribution in [0.2, 0.25) is 0 Å². The van der Waals surface area contributed by atoms with E-state index in [1.165, 1.54) is 19.4 Å². The van der Waals surface area contributed by atoms with Crippen LogP contribution in [-0.4, -0.2) is 41.5 Å². The average molecular weight is 332 g/mol. The quantitative estimate of drug-likeness (QED) is 0.905. The van der Waals surface area contributed by atoms with Crippen molar-refractivity contribution >= 4 is 30.7 Å². The first kappa shape index (κ1) is 18.2. The van der Waals surface area contributed by atoms with E-state index in [-0.39, 0.29) is 30.7 Å². The summed E-state index contributed by atoms with van der Waals surface area (Å²) in [5.74, 6) is 0.881. The summed E-state index contributed by atoms with van der Waals surface area (Å²) in [5, 5.41) is 3.59. The molecule has 2 fully saturated rings. The minimum atomic E-state index is 0. The lowest BCUT2D eigenvalue weighted by atomic mass is 9.88. The van der Waals surface area contributed by atoms with Gasteiger partial charge in [0.1, 0.15) is 0 Å². The summed E-state index contributed by atoms with van der Waals surface area (Å²) in [6.07, 6.45) is 8.23. The Balaban J connectivity index is 0.00000110. The first-order chi connectivity index (χ1) is 9.34. The van der Waals surface area contributed by atoms with Crippen molar-refractivity contribution in [3.63, 3.8) is 0 Å². The van der Waals surface area contributed by atoms with Crippen LogP contribution in [0.5, 0.6) is 0 Å². The number of aromatic nitrogens is 1. The van der Waals surface area contributed by atoms with Gasteiger partial charge < -0.3 is 10.2 Å². The summed E-state index contributed by atoms with van der Waals surface area (Å²) in [6.45, 7) is 2.94. The molecular weight excluding hydrogens is 309 g/mol. The van der Waals surface area contributed by atoms with Crippen LogP contribution in [0, 0.1) is 5.92 Å². The number of hydrogen-bond acceptors (Lipinski definition) is 3. The molecule has 0 aliphatic carbocycles. The molecule has 1 amide bonds. The number of nitrogens with zero attached hydrogens (tertiary/aromatic N) is 2. The standard InChI is InChI=1S/C15H21N3O.2ClH/c19-15(13-3-1-7-16-11-13)18-9-5-12(6-10-18)14-4-2-8-17-14;;/h1,3,7,11-12,14,17H,2,4-6,8-10H2;2*1H. The topological polar surface area (TPSA) is 45.2 Å². The normalized spacial score (nSPS) is 22.3. The van der Waals surface area contributed by atoms with Gasteiger partial charge >= 0.3 is 0 Å². The maximum Gasteiger partial charge on any atom is 0.255 e. The molecule has 2 aliphatic rings. The van der Waals surface area contributed by atoms with Crippen molar-refractivity contribution in [2.75, 3.05) is 19.6 Å².